The zero-order valence-corrected chi connectivity index (χ0v) is 16.6. The van der Waals surface area contributed by atoms with Gasteiger partial charge in [-0.2, -0.15) is 0 Å². The summed E-state index contributed by atoms with van der Waals surface area (Å²) >= 11 is 0. The zero-order valence-electron chi connectivity index (χ0n) is 16.6. The average Bonchev–Trinajstić information content (AvgIpc) is 3.23. The van der Waals surface area contributed by atoms with Crippen molar-refractivity contribution in [2.24, 2.45) is 0 Å². The first-order valence-electron chi connectivity index (χ1n) is 9.93. The fourth-order valence-corrected chi connectivity index (χ4v) is 4.62. The number of ether oxygens (including phenoxy) is 1. The third-order valence-electron chi connectivity index (χ3n) is 6.17. The van der Waals surface area contributed by atoms with Crippen molar-refractivity contribution in [2.45, 2.75) is 26.2 Å². The van der Waals surface area contributed by atoms with Gasteiger partial charge in [-0.25, -0.2) is 0 Å². The van der Waals surface area contributed by atoms with E-state index in [1.54, 1.807) is 0 Å². The van der Waals surface area contributed by atoms with Crippen LogP contribution >= 0.6 is 0 Å². The van der Waals surface area contributed by atoms with Gasteiger partial charge in [-0.1, -0.05) is 74.5 Å². The second kappa shape index (κ2) is 6.24. The summed E-state index contributed by atoms with van der Waals surface area (Å²) in [6.45, 7) is 7.41. The monoisotopic (exact) mass is 364 g/mol. The van der Waals surface area contributed by atoms with E-state index in [1.807, 2.05) is 12.1 Å². The number of hydrogen-bond donors (Lipinski definition) is 0. The molecule has 1 aliphatic carbocycles. The second-order valence-corrected chi connectivity index (χ2v) is 8.13. The van der Waals surface area contributed by atoms with Gasteiger partial charge < -0.3 is 4.74 Å². The van der Waals surface area contributed by atoms with Gasteiger partial charge in [-0.05, 0) is 58.5 Å². The quantitative estimate of drug-likeness (QED) is 0.482. The first-order chi connectivity index (χ1) is 13.6. The van der Waals surface area contributed by atoms with Crippen LogP contribution < -0.4 is 4.74 Å². The van der Waals surface area contributed by atoms with Crippen molar-refractivity contribution in [3.8, 4) is 16.9 Å². The zero-order chi connectivity index (χ0) is 19.3. The molecule has 1 aliphatic heterocycles. The molecule has 0 unspecified atom stereocenters. The van der Waals surface area contributed by atoms with E-state index in [1.165, 1.54) is 44.5 Å². The second-order valence-electron chi connectivity index (χ2n) is 8.13. The van der Waals surface area contributed by atoms with Crippen LogP contribution in [0.15, 0.2) is 78.9 Å². The molecule has 5 rings (SSSR count). The molecule has 28 heavy (non-hydrogen) atoms. The fourth-order valence-electron chi connectivity index (χ4n) is 4.62. The summed E-state index contributed by atoms with van der Waals surface area (Å²) in [6.07, 6.45) is 4.48. The van der Waals surface area contributed by atoms with Crippen LogP contribution in [-0.4, -0.2) is 6.61 Å². The minimum Gasteiger partial charge on any atom is -0.488 e. The van der Waals surface area contributed by atoms with E-state index in [4.69, 9.17) is 4.74 Å². The molecule has 3 aromatic carbocycles. The van der Waals surface area contributed by atoms with Gasteiger partial charge in [0, 0.05) is 16.6 Å². The van der Waals surface area contributed by atoms with Crippen LogP contribution in [0.25, 0.3) is 22.3 Å². The van der Waals surface area contributed by atoms with Crippen molar-refractivity contribution in [2.75, 3.05) is 6.61 Å². The summed E-state index contributed by atoms with van der Waals surface area (Å²) in [5, 5.41) is 0. The number of fused-ring (bicyclic) bond motifs is 4. The van der Waals surface area contributed by atoms with Crippen LogP contribution in [0.2, 0.25) is 0 Å². The minimum atomic E-state index is 0.0248. The van der Waals surface area contributed by atoms with Crippen LogP contribution in [0.5, 0.6) is 5.75 Å². The molecule has 0 aromatic heterocycles. The lowest BCUT2D eigenvalue weighted by Crippen LogP contribution is -2.15. The number of hydrogen-bond acceptors (Lipinski definition) is 1. The van der Waals surface area contributed by atoms with Crippen molar-refractivity contribution in [1.82, 2.24) is 0 Å². The van der Waals surface area contributed by atoms with Crippen molar-refractivity contribution in [3.05, 3.63) is 101 Å². The van der Waals surface area contributed by atoms with E-state index in [0.29, 0.717) is 6.61 Å². The van der Waals surface area contributed by atoms with Gasteiger partial charge in [0.05, 0.1) is 0 Å². The molecule has 0 bridgehead atoms. The Morgan fingerprint density at radius 2 is 1.57 bits per heavy atom. The molecule has 2 aliphatic rings. The van der Waals surface area contributed by atoms with Crippen molar-refractivity contribution >= 4 is 11.1 Å². The van der Waals surface area contributed by atoms with E-state index in [2.05, 4.69) is 87.5 Å². The first-order valence-corrected chi connectivity index (χ1v) is 9.93. The summed E-state index contributed by atoms with van der Waals surface area (Å²) in [6, 6.07) is 24.0. The Balaban J connectivity index is 1.58. The molecule has 0 amide bonds. The highest BCUT2D eigenvalue weighted by Crippen LogP contribution is 2.49. The summed E-state index contributed by atoms with van der Waals surface area (Å²) < 4.78 is 5.85. The topological polar surface area (TPSA) is 9.23 Å². The average molecular weight is 364 g/mol. The first kappa shape index (κ1) is 17.1. The third kappa shape index (κ3) is 2.46. The maximum absolute atomic E-state index is 5.85. The predicted molar refractivity (Wildman–Crippen MR) is 118 cm³/mol. The van der Waals surface area contributed by atoms with Gasteiger partial charge >= 0.3 is 0 Å². The highest BCUT2D eigenvalue weighted by atomic mass is 16.5. The molecular formula is C27H24O. The maximum Gasteiger partial charge on any atom is 0.127 e. The Morgan fingerprint density at radius 1 is 0.857 bits per heavy atom. The summed E-state index contributed by atoms with van der Waals surface area (Å²) in [5.41, 5.74) is 10.5. The largest absolute Gasteiger partial charge is 0.488 e. The lowest BCUT2D eigenvalue weighted by Gasteiger charge is -2.22. The van der Waals surface area contributed by atoms with Crippen molar-refractivity contribution in [3.63, 3.8) is 0 Å². The van der Waals surface area contributed by atoms with Gasteiger partial charge in [0.25, 0.3) is 0 Å². The number of benzene rings is 3. The lowest BCUT2D eigenvalue weighted by molar-refractivity contribution is 0.388. The van der Waals surface area contributed by atoms with Gasteiger partial charge in [-0.15, -0.1) is 0 Å². The Hall–Kier alpha value is -3.06. The molecule has 0 spiro atoms. The van der Waals surface area contributed by atoms with Gasteiger partial charge in [-0.3, -0.25) is 0 Å². The molecule has 3 aromatic rings. The fraction of sp³-hybridized carbons (Fsp3) is 0.185. The number of rotatable bonds is 2. The summed E-state index contributed by atoms with van der Waals surface area (Å²) in [4.78, 5) is 0. The molecular weight excluding hydrogens is 340 g/mol. The van der Waals surface area contributed by atoms with Crippen molar-refractivity contribution < 1.29 is 4.74 Å². The highest BCUT2D eigenvalue weighted by Gasteiger charge is 2.35. The van der Waals surface area contributed by atoms with E-state index in [0.717, 1.165) is 5.75 Å². The summed E-state index contributed by atoms with van der Waals surface area (Å²) in [5.74, 6) is 0.981. The molecule has 1 heteroatoms. The van der Waals surface area contributed by atoms with Gasteiger partial charge in [0.2, 0.25) is 0 Å². The molecule has 1 heterocycles. The van der Waals surface area contributed by atoms with Gasteiger partial charge in [0.15, 0.2) is 0 Å². The Bertz CT molecular complexity index is 1140. The van der Waals surface area contributed by atoms with E-state index >= 15 is 0 Å². The van der Waals surface area contributed by atoms with Gasteiger partial charge in [0.1, 0.15) is 12.4 Å². The SMILES string of the molecule is C/C=C(\C=C1/COc2ccccc21)c1ccc2c(c1)C(C)(C)c1ccccc1-2. The molecule has 0 saturated heterocycles. The smallest absolute Gasteiger partial charge is 0.127 e. The molecule has 1 nitrogen and oxygen atoms in total. The van der Waals surface area contributed by atoms with Crippen LogP contribution in [0, 0.1) is 0 Å². The molecule has 0 atom stereocenters. The molecule has 0 fully saturated rings. The van der Waals surface area contributed by atoms with Crippen LogP contribution in [0.3, 0.4) is 0 Å². The Kier molecular flexibility index (Phi) is 3.80. The molecule has 0 radical (unpaired) electrons. The summed E-state index contributed by atoms with van der Waals surface area (Å²) in [7, 11) is 0. The van der Waals surface area contributed by atoms with E-state index < -0.39 is 0 Å². The number of allylic oxidation sites excluding steroid dienone is 3. The van der Waals surface area contributed by atoms with Crippen molar-refractivity contribution in [1.29, 1.82) is 0 Å². The van der Waals surface area contributed by atoms with E-state index in [9.17, 15) is 0 Å². The maximum atomic E-state index is 5.85. The molecule has 138 valence electrons. The van der Waals surface area contributed by atoms with Crippen LogP contribution in [0.1, 0.15) is 43.0 Å². The Labute approximate surface area is 167 Å². The normalized spacial score (nSPS) is 17.8. The van der Waals surface area contributed by atoms with Crippen LogP contribution in [0.4, 0.5) is 0 Å². The van der Waals surface area contributed by atoms with Crippen LogP contribution in [-0.2, 0) is 5.41 Å². The minimum absolute atomic E-state index is 0.0248. The number of para-hydroxylation sites is 1. The highest BCUT2D eigenvalue weighted by molar-refractivity contribution is 5.89. The Morgan fingerprint density at radius 3 is 2.39 bits per heavy atom. The lowest BCUT2D eigenvalue weighted by atomic mass is 9.81. The molecule has 0 saturated carbocycles. The third-order valence-corrected chi connectivity index (χ3v) is 6.17. The van der Waals surface area contributed by atoms with E-state index in [-0.39, 0.29) is 5.41 Å². The molecule has 0 N–H and O–H groups in total. The predicted octanol–water partition coefficient (Wildman–Crippen LogP) is 6.87. The standard InChI is InChI=1S/C27H24O/c1-4-18(15-20-17-28-26-12-8-6-9-21(20)26)19-13-14-23-22-10-5-7-11-24(22)27(2,3)25(23)16-19/h4-16H,17H2,1-3H3/b18-4+,20-15+.